The van der Waals surface area contributed by atoms with Crippen molar-refractivity contribution in [1.82, 2.24) is 15.1 Å². The average Bonchev–Trinajstić information content (AvgIpc) is 3.23. The Labute approximate surface area is 200 Å². The first-order chi connectivity index (χ1) is 16.4. The first kappa shape index (κ1) is 23.9. The van der Waals surface area contributed by atoms with Crippen molar-refractivity contribution >= 4 is 23.5 Å². The van der Waals surface area contributed by atoms with Crippen molar-refractivity contribution in [3.63, 3.8) is 0 Å². The van der Waals surface area contributed by atoms with Gasteiger partial charge in [-0.1, -0.05) is 36.4 Å². The number of cyclic esters (lactones) is 1. The van der Waals surface area contributed by atoms with E-state index in [1.54, 1.807) is 4.90 Å². The van der Waals surface area contributed by atoms with Gasteiger partial charge in [0.2, 0.25) is 5.91 Å². The van der Waals surface area contributed by atoms with Crippen LogP contribution in [0.15, 0.2) is 48.5 Å². The maximum absolute atomic E-state index is 12.6. The Morgan fingerprint density at radius 3 is 2.21 bits per heavy atom. The van der Waals surface area contributed by atoms with E-state index < -0.39 is 6.09 Å². The topological polar surface area (TPSA) is 82.2 Å². The van der Waals surface area contributed by atoms with Gasteiger partial charge in [0.25, 0.3) is 0 Å². The third-order valence-electron chi connectivity index (χ3n) is 6.42. The second kappa shape index (κ2) is 10.8. The molecule has 0 unspecified atom stereocenters. The fourth-order valence-corrected chi connectivity index (χ4v) is 4.25. The summed E-state index contributed by atoms with van der Waals surface area (Å²) in [5, 5.41) is 2.68. The largest absolute Gasteiger partial charge is 0.442 e. The monoisotopic (exact) mass is 464 g/mol. The normalized spacial score (nSPS) is 19.2. The number of ketones is 1. The third kappa shape index (κ3) is 6.01. The molecule has 180 valence electrons. The molecule has 1 N–H and O–H groups in total. The fourth-order valence-electron chi connectivity index (χ4n) is 4.25. The Hall–Kier alpha value is -3.23. The van der Waals surface area contributed by atoms with Crippen molar-refractivity contribution < 1.29 is 19.1 Å². The number of nitrogens with one attached hydrogen (secondary N) is 1. The summed E-state index contributed by atoms with van der Waals surface area (Å²) < 4.78 is 5.33. The summed E-state index contributed by atoms with van der Waals surface area (Å²) >= 11 is 0. The van der Waals surface area contributed by atoms with E-state index in [-0.39, 0.29) is 17.8 Å². The van der Waals surface area contributed by atoms with Crippen LogP contribution in [0.2, 0.25) is 0 Å². The molecule has 2 saturated heterocycles. The molecule has 0 spiro atoms. The van der Waals surface area contributed by atoms with E-state index in [1.165, 1.54) is 6.92 Å². The van der Waals surface area contributed by atoms with E-state index in [0.717, 1.165) is 55.1 Å². The van der Waals surface area contributed by atoms with Gasteiger partial charge in [-0.15, -0.1) is 0 Å². The minimum Gasteiger partial charge on any atom is -0.442 e. The zero-order chi connectivity index (χ0) is 24.1. The van der Waals surface area contributed by atoms with Crippen molar-refractivity contribution in [3.8, 4) is 11.1 Å². The van der Waals surface area contributed by atoms with Gasteiger partial charge in [-0.25, -0.2) is 4.79 Å². The number of carbonyl (C=O) groups excluding carboxylic acids is 3. The number of Topliss-reactive ketones (excluding diaryl/α,β-unsaturated/α-hetero) is 1. The van der Waals surface area contributed by atoms with E-state index in [4.69, 9.17) is 4.74 Å². The van der Waals surface area contributed by atoms with Crippen LogP contribution >= 0.6 is 0 Å². The Morgan fingerprint density at radius 2 is 1.59 bits per heavy atom. The lowest BCUT2D eigenvalue weighted by Gasteiger charge is -2.32. The number of piperazine rings is 1. The van der Waals surface area contributed by atoms with Crippen LogP contribution in [0, 0.1) is 0 Å². The summed E-state index contributed by atoms with van der Waals surface area (Å²) in [6, 6.07) is 15.4. The van der Waals surface area contributed by atoms with Crippen LogP contribution in [0.25, 0.3) is 11.1 Å². The predicted molar refractivity (Wildman–Crippen MR) is 131 cm³/mol. The van der Waals surface area contributed by atoms with Crippen LogP contribution < -0.4 is 10.2 Å². The lowest BCUT2D eigenvalue weighted by Crippen LogP contribution is -2.45. The molecule has 2 aromatic rings. The van der Waals surface area contributed by atoms with Crippen LogP contribution in [0.1, 0.15) is 23.7 Å². The maximum Gasteiger partial charge on any atom is 0.414 e. The van der Waals surface area contributed by atoms with Gasteiger partial charge >= 0.3 is 6.09 Å². The predicted octanol–water partition coefficient (Wildman–Crippen LogP) is 2.64. The SMILES string of the molecule is CC(=O)NC[C@H]1CN(c2ccc(-c3ccc(C(=O)CCN4CCN(C)CC4)cc3)cc2)C(=O)O1. The number of hydrogen-bond acceptors (Lipinski definition) is 6. The third-order valence-corrected chi connectivity index (χ3v) is 6.42. The molecule has 2 aliphatic heterocycles. The number of carbonyl (C=O) groups is 3. The number of amides is 2. The highest BCUT2D eigenvalue weighted by atomic mass is 16.6. The van der Waals surface area contributed by atoms with E-state index in [9.17, 15) is 14.4 Å². The molecule has 4 rings (SSSR count). The summed E-state index contributed by atoms with van der Waals surface area (Å²) in [5.74, 6) is 0.0174. The number of anilines is 1. The molecule has 0 saturated carbocycles. The lowest BCUT2D eigenvalue weighted by molar-refractivity contribution is -0.119. The Morgan fingerprint density at radius 1 is 0.971 bits per heavy atom. The van der Waals surface area contributed by atoms with Crippen LogP contribution in [0.5, 0.6) is 0 Å². The van der Waals surface area contributed by atoms with Gasteiger partial charge in [0.15, 0.2) is 5.78 Å². The summed E-state index contributed by atoms with van der Waals surface area (Å²) in [6.07, 6.45) is -0.243. The fraction of sp³-hybridized carbons (Fsp3) is 0.423. The molecule has 8 nitrogen and oxygen atoms in total. The van der Waals surface area contributed by atoms with E-state index >= 15 is 0 Å². The summed E-state index contributed by atoms with van der Waals surface area (Å²) in [7, 11) is 2.13. The number of likely N-dealkylation sites (N-methyl/N-ethyl adjacent to an activating group) is 1. The molecule has 2 heterocycles. The molecule has 2 aromatic carbocycles. The Bertz CT molecular complexity index is 1010. The van der Waals surface area contributed by atoms with Crippen molar-refractivity contribution in [1.29, 1.82) is 0 Å². The van der Waals surface area contributed by atoms with Crippen LogP contribution in [-0.2, 0) is 9.53 Å². The van der Waals surface area contributed by atoms with Gasteiger partial charge in [0.05, 0.1) is 13.1 Å². The molecule has 0 aliphatic carbocycles. The van der Waals surface area contributed by atoms with Gasteiger partial charge in [0.1, 0.15) is 6.10 Å². The van der Waals surface area contributed by atoms with Gasteiger partial charge in [-0.05, 0) is 30.3 Å². The van der Waals surface area contributed by atoms with Crippen molar-refractivity contribution in [2.24, 2.45) is 0 Å². The number of nitrogens with zero attached hydrogens (tertiary/aromatic N) is 3. The highest BCUT2D eigenvalue weighted by molar-refractivity contribution is 5.96. The second-order valence-corrected chi connectivity index (χ2v) is 9.00. The Kier molecular flexibility index (Phi) is 7.59. The summed E-state index contributed by atoms with van der Waals surface area (Å²) in [4.78, 5) is 42.1. The first-order valence-electron chi connectivity index (χ1n) is 11.8. The minimum absolute atomic E-state index is 0.151. The van der Waals surface area contributed by atoms with Crippen LogP contribution in [-0.4, -0.2) is 86.5 Å². The zero-order valence-corrected chi connectivity index (χ0v) is 19.8. The second-order valence-electron chi connectivity index (χ2n) is 9.00. The number of benzene rings is 2. The molecule has 2 fully saturated rings. The molecular formula is C26H32N4O4. The Balaban J connectivity index is 1.32. The molecule has 0 bridgehead atoms. The number of rotatable bonds is 8. The number of hydrogen-bond donors (Lipinski definition) is 1. The van der Waals surface area contributed by atoms with Crippen molar-refractivity contribution in [2.75, 3.05) is 57.8 Å². The van der Waals surface area contributed by atoms with Crippen molar-refractivity contribution in [3.05, 3.63) is 54.1 Å². The van der Waals surface area contributed by atoms with E-state index in [2.05, 4.69) is 22.2 Å². The van der Waals surface area contributed by atoms with E-state index in [0.29, 0.717) is 19.5 Å². The molecule has 2 aliphatic rings. The highest BCUT2D eigenvalue weighted by Crippen LogP contribution is 2.26. The molecule has 8 heteroatoms. The smallest absolute Gasteiger partial charge is 0.414 e. The molecule has 2 amide bonds. The van der Waals surface area contributed by atoms with E-state index in [1.807, 2.05) is 48.5 Å². The number of ether oxygens (including phenoxy) is 1. The molecular weight excluding hydrogens is 432 g/mol. The molecule has 34 heavy (non-hydrogen) atoms. The van der Waals surface area contributed by atoms with Gasteiger partial charge in [-0.3, -0.25) is 14.5 Å². The molecule has 0 aromatic heterocycles. The minimum atomic E-state index is -0.414. The maximum atomic E-state index is 12.6. The standard InChI is InChI=1S/C26H32N4O4/c1-19(31)27-17-24-18-30(26(33)34-24)23-9-7-21(8-10-23)20-3-5-22(6-4-20)25(32)11-12-29-15-13-28(2)14-16-29/h3-10,24H,11-18H2,1-2H3,(H,27,31)/t24-/m0/s1. The summed E-state index contributed by atoms with van der Waals surface area (Å²) in [6.45, 7) is 7.08. The average molecular weight is 465 g/mol. The highest BCUT2D eigenvalue weighted by Gasteiger charge is 2.32. The van der Waals surface area contributed by atoms with Gasteiger partial charge < -0.3 is 19.9 Å². The molecule has 1 atom stereocenters. The van der Waals surface area contributed by atoms with Gasteiger partial charge in [0, 0.05) is 57.3 Å². The van der Waals surface area contributed by atoms with Crippen LogP contribution in [0.4, 0.5) is 10.5 Å². The van der Waals surface area contributed by atoms with Crippen molar-refractivity contribution in [2.45, 2.75) is 19.4 Å². The zero-order valence-electron chi connectivity index (χ0n) is 19.8. The quantitative estimate of drug-likeness (QED) is 0.605. The lowest BCUT2D eigenvalue weighted by atomic mass is 10.0. The first-order valence-corrected chi connectivity index (χ1v) is 11.8. The molecule has 0 radical (unpaired) electrons. The summed E-state index contributed by atoms with van der Waals surface area (Å²) in [5.41, 5.74) is 3.49. The van der Waals surface area contributed by atoms with Crippen LogP contribution in [0.3, 0.4) is 0 Å². The van der Waals surface area contributed by atoms with Gasteiger partial charge in [-0.2, -0.15) is 0 Å².